The fourth-order valence-corrected chi connectivity index (χ4v) is 1.70. The molecule has 0 bridgehead atoms. The summed E-state index contributed by atoms with van der Waals surface area (Å²) in [7, 11) is 0. The largest absolute Gasteiger partial charge is 0.438 e. The molecule has 1 aromatic carbocycles. The van der Waals surface area contributed by atoms with Crippen LogP contribution in [-0.2, 0) is 4.74 Å². The summed E-state index contributed by atoms with van der Waals surface area (Å²) in [5, 5.41) is 9.15. The molecular formula is C12H15NO3. The number of aliphatic hydroxyl groups is 1. The van der Waals surface area contributed by atoms with Crippen LogP contribution in [0.4, 0.5) is 10.5 Å². The molecule has 1 unspecified atom stereocenters. The molecule has 1 aliphatic heterocycles. The first-order valence-electron chi connectivity index (χ1n) is 5.22. The lowest BCUT2D eigenvalue weighted by Gasteiger charge is -2.18. The van der Waals surface area contributed by atoms with Gasteiger partial charge in [-0.25, -0.2) is 4.79 Å². The molecule has 0 aromatic heterocycles. The molecule has 1 aromatic rings. The van der Waals surface area contributed by atoms with Gasteiger partial charge in [-0.15, -0.1) is 0 Å². The van der Waals surface area contributed by atoms with Gasteiger partial charge in [0, 0.05) is 5.69 Å². The Morgan fingerprint density at radius 3 is 2.56 bits per heavy atom. The molecule has 0 radical (unpaired) electrons. The first-order chi connectivity index (χ1) is 7.54. The van der Waals surface area contributed by atoms with Crippen molar-refractivity contribution in [2.75, 3.05) is 18.1 Å². The number of carbonyl (C=O) groups excluding carboxylic acids is 1. The lowest BCUT2D eigenvalue weighted by molar-refractivity contribution is 0.0219. The maximum Gasteiger partial charge on any atom is 0.415 e. The molecule has 0 aliphatic carbocycles. The summed E-state index contributed by atoms with van der Waals surface area (Å²) >= 11 is 0. The molecule has 2 rings (SSSR count). The van der Waals surface area contributed by atoms with Crippen LogP contribution in [0.15, 0.2) is 24.3 Å². The highest BCUT2D eigenvalue weighted by Gasteiger charge is 2.41. The second-order valence-electron chi connectivity index (χ2n) is 4.40. The number of benzene rings is 1. The summed E-state index contributed by atoms with van der Waals surface area (Å²) in [4.78, 5) is 13.2. The number of ether oxygens (including phenoxy) is 1. The molecule has 0 spiro atoms. The quantitative estimate of drug-likeness (QED) is 0.827. The zero-order valence-electron chi connectivity index (χ0n) is 9.43. The first-order valence-corrected chi connectivity index (χ1v) is 5.22. The number of aliphatic hydroxyl groups excluding tert-OH is 1. The maximum absolute atomic E-state index is 11.6. The highest BCUT2D eigenvalue weighted by Crippen LogP contribution is 2.27. The topological polar surface area (TPSA) is 49.8 Å². The Balaban J connectivity index is 2.23. The van der Waals surface area contributed by atoms with Crippen LogP contribution in [0.3, 0.4) is 0 Å². The van der Waals surface area contributed by atoms with E-state index in [1.54, 1.807) is 6.92 Å². The lowest BCUT2D eigenvalue weighted by Crippen LogP contribution is -2.34. The van der Waals surface area contributed by atoms with Crippen LogP contribution in [0.5, 0.6) is 0 Å². The molecule has 0 saturated carbocycles. The SMILES string of the molecule is Cc1ccc(N2CC(C)(CO)OC2=O)cc1. The number of carbonyl (C=O) groups is 1. The lowest BCUT2D eigenvalue weighted by atomic mass is 10.1. The van der Waals surface area contributed by atoms with Gasteiger partial charge in [0.25, 0.3) is 0 Å². The van der Waals surface area contributed by atoms with E-state index in [0.29, 0.717) is 6.54 Å². The van der Waals surface area contributed by atoms with Crippen LogP contribution in [0.2, 0.25) is 0 Å². The molecule has 1 fully saturated rings. The number of hydrogen-bond acceptors (Lipinski definition) is 3. The molecule has 1 amide bonds. The average molecular weight is 221 g/mol. The third kappa shape index (κ3) is 1.88. The monoisotopic (exact) mass is 221 g/mol. The van der Waals surface area contributed by atoms with Gasteiger partial charge in [0.15, 0.2) is 5.60 Å². The van der Waals surface area contributed by atoms with Gasteiger partial charge in [0.2, 0.25) is 0 Å². The van der Waals surface area contributed by atoms with Crippen molar-refractivity contribution in [3.8, 4) is 0 Å². The third-order valence-electron chi connectivity index (χ3n) is 2.73. The number of cyclic esters (lactones) is 1. The van der Waals surface area contributed by atoms with E-state index < -0.39 is 11.7 Å². The molecular weight excluding hydrogens is 206 g/mol. The van der Waals surface area contributed by atoms with Gasteiger partial charge in [-0.2, -0.15) is 0 Å². The van der Waals surface area contributed by atoms with Gasteiger partial charge in [-0.1, -0.05) is 17.7 Å². The second kappa shape index (κ2) is 3.79. The Hall–Kier alpha value is -1.55. The number of anilines is 1. The van der Waals surface area contributed by atoms with Crippen LogP contribution < -0.4 is 4.90 Å². The van der Waals surface area contributed by atoms with E-state index in [0.717, 1.165) is 11.3 Å². The fraction of sp³-hybridized carbons (Fsp3) is 0.417. The summed E-state index contributed by atoms with van der Waals surface area (Å²) in [6, 6.07) is 7.63. The second-order valence-corrected chi connectivity index (χ2v) is 4.40. The summed E-state index contributed by atoms with van der Waals surface area (Å²) < 4.78 is 5.13. The van der Waals surface area contributed by atoms with E-state index in [1.807, 2.05) is 31.2 Å². The van der Waals surface area contributed by atoms with E-state index in [4.69, 9.17) is 9.84 Å². The minimum atomic E-state index is -0.790. The predicted octanol–water partition coefficient (Wildman–Crippen LogP) is 1.70. The molecule has 1 aliphatic rings. The van der Waals surface area contributed by atoms with Gasteiger partial charge in [-0.05, 0) is 26.0 Å². The summed E-state index contributed by atoms with van der Waals surface area (Å²) in [5.74, 6) is 0. The number of nitrogens with zero attached hydrogens (tertiary/aromatic N) is 1. The molecule has 1 N–H and O–H groups in total. The Bertz CT molecular complexity index is 401. The van der Waals surface area contributed by atoms with Gasteiger partial charge in [0.1, 0.15) is 0 Å². The molecule has 1 saturated heterocycles. The first kappa shape index (κ1) is 11.0. The van der Waals surface area contributed by atoms with Crippen molar-refractivity contribution in [1.82, 2.24) is 0 Å². The minimum Gasteiger partial charge on any atom is -0.438 e. The highest BCUT2D eigenvalue weighted by atomic mass is 16.6. The normalized spacial score (nSPS) is 24.7. The zero-order valence-corrected chi connectivity index (χ0v) is 9.43. The Morgan fingerprint density at radius 2 is 2.06 bits per heavy atom. The Labute approximate surface area is 94.4 Å². The number of rotatable bonds is 2. The van der Waals surface area contributed by atoms with Crippen molar-refractivity contribution in [2.24, 2.45) is 0 Å². The minimum absolute atomic E-state index is 0.166. The summed E-state index contributed by atoms with van der Waals surface area (Å²) in [6.45, 7) is 3.93. The van der Waals surface area contributed by atoms with E-state index in [-0.39, 0.29) is 6.61 Å². The van der Waals surface area contributed by atoms with Crippen LogP contribution in [0.25, 0.3) is 0 Å². The van der Waals surface area contributed by atoms with Crippen LogP contribution in [-0.4, -0.2) is 30.0 Å². The van der Waals surface area contributed by atoms with E-state index >= 15 is 0 Å². The van der Waals surface area contributed by atoms with Gasteiger partial charge in [0.05, 0.1) is 13.2 Å². The van der Waals surface area contributed by atoms with Crippen LogP contribution in [0.1, 0.15) is 12.5 Å². The molecule has 86 valence electrons. The third-order valence-corrected chi connectivity index (χ3v) is 2.73. The van der Waals surface area contributed by atoms with Crippen LogP contribution in [0, 0.1) is 6.92 Å². The van der Waals surface area contributed by atoms with Crippen molar-refractivity contribution < 1.29 is 14.6 Å². The van der Waals surface area contributed by atoms with Crippen molar-refractivity contribution in [3.63, 3.8) is 0 Å². The van der Waals surface area contributed by atoms with E-state index in [9.17, 15) is 4.79 Å². The fourth-order valence-electron chi connectivity index (χ4n) is 1.70. The molecule has 4 nitrogen and oxygen atoms in total. The standard InChI is InChI=1S/C12H15NO3/c1-9-3-5-10(6-4-9)13-7-12(2,8-14)16-11(13)15/h3-6,14H,7-8H2,1-2H3. The molecule has 1 atom stereocenters. The Kier molecular flexibility index (Phi) is 2.59. The molecule has 16 heavy (non-hydrogen) atoms. The molecule has 1 heterocycles. The van der Waals surface area contributed by atoms with Crippen molar-refractivity contribution in [3.05, 3.63) is 29.8 Å². The zero-order chi connectivity index (χ0) is 11.8. The van der Waals surface area contributed by atoms with E-state index in [2.05, 4.69) is 0 Å². The number of amides is 1. The molecule has 4 heteroatoms. The summed E-state index contributed by atoms with van der Waals surface area (Å²) in [6.07, 6.45) is -0.402. The van der Waals surface area contributed by atoms with Gasteiger partial charge < -0.3 is 9.84 Å². The maximum atomic E-state index is 11.6. The van der Waals surface area contributed by atoms with Gasteiger partial charge >= 0.3 is 6.09 Å². The number of aryl methyl sites for hydroxylation is 1. The van der Waals surface area contributed by atoms with E-state index in [1.165, 1.54) is 4.90 Å². The van der Waals surface area contributed by atoms with Crippen molar-refractivity contribution in [1.29, 1.82) is 0 Å². The Morgan fingerprint density at radius 1 is 1.44 bits per heavy atom. The average Bonchev–Trinajstić information content (AvgIpc) is 2.57. The number of hydrogen-bond donors (Lipinski definition) is 1. The van der Waals surface area contributed by atoms with Gasteiger partial charge in [-0.3, -0.25) is 4.90 Å². The predicted molar refractivity (Wildman–Crippen MR) is 60.5 cm³/mol. The highest BCUT2D eigenvalue weighted by molar-refractivity contribution is 5.90. The summed E-state index contributed by atoms with van der Waals surface area (Å²) in [5.41, 5.74) is 1.15. The smallest absolute Gasteiger partial charge is 0.415 e. The van der Waals surface area contributed by atoms with Crippen LogP contribution >= 0.6 is 0 Å². The van der Waals surface area contributed by atoms with Crippen molar-refractivity contribution in [2.45, 2.75) is 19.4 Å². The van der Waals surface area contributed by atoms with Crippen molar-refractivity contribution >= 4 is 11.8 Å².